The van der Waals surface area contributed by atoms with Gasteiger partial charge >= 0.3 is 0 Å². The molecule has 4 N–H and O–H groups in total. The van der Waals surface area contributed by atoms with Crippen molar-refractivity contribution < 1.29 is 9.63 Å². The summed E-state index contributed by atoms with van der Waals surface area (Å²) in [5.74, 6) is 0.102. The zero-order valence-electron chi connectivity index (χ0n) is 13.4. The summed E-state index contributed by atoms with van der Waals surface area (Å²) in [4.78, 5) is 17.9. The summed E-state index contributed by atoms with van der Waals surface area (Å²) in [5.41, 5.74) is 6.73. The maximum Gasteiger partial charge on any atom is 0.279 e. The van der Waals surface area contributed by atoms with Crippen molar-refractivity contribution in [3.63, 3.8) is 0 Å². The third-order valence-corrected chi connectivity index (χ3v) is 3.02. The van der Waals surface area contributed by atoms with Gasteiger partial charge in [0.25, 0.3) is 5.91 Å². The first-order valence-corrected chi connectivity index (χ1v) is 7.57. The molecule has 0 radical (unpaired) electrons. The molecular weight excluding hydrogens is 304 g/mol. The third kappa shape index (κ3) is 4.88. The number of nitrogens with two attached hydrogens (primary N) is 1. The molecule has 6 nitrogen and oxygen atoms in total. The van der Waals surface area contributed by atoms with Crippen LogP contribution in [0.4, 0.5) is 5.69 Å². The molecule has 0 saturated heterocycles. The van der Waals surface area contributed by atoms with Crippen molar-refractivity contribution in [3.05, 3.63) is 72.6 Å². The molecule has 0 heterocycles. The highest BCUT2D eigenvalue weighted by molar-refractivity contribution is 6.48. The number of carbonyl (C=O) groups is 1. The van der Waals surface area contributed by atoms with Crippen LogP contribution in [0.5, 0.6) is 5.75 Å². The molecule has 0 atom stereocenters. The van der Waals surface area contributed by atoms with Crippen molar-refractivity contribution in [2.45, 2.75) is 6.92 Å². The first-order valence-electron chi connectivity index (χ1n) is 7.57. The van der Waals surface area contributed by atoms with E-state index < -0.39 is 5.91 Å². The quantitative estimate of drug-likeness (QED) is 0.539. The van der Waals surface area contributed by atoms with Gasteiger partial charge in [0.2, 0.25) is 0 Å². The predicted molar refractivity (Wildman–Crippen MR) is 95.5 cm³/mol. The van der Waals surface area contributed by atoms with E-state index in [2.05, 4.69) is 15.8 Å². The molecule has 1 amide bonds. The second-order valence-corrected chi connectivity index (χ2v) is 4.78. The number of nitrogens with one attached hydrogen (secondary N) is 2. The maximum absolute atomic E-state index is 12.6. The Labute approximate surface area is 141 Å². The molecule has 0 unspecified atom stereocenters. The van der Waals surface area contributed by atoms with Crippen molar-refractivity contribution in [3.8, 4) is 5.75 Å². The SMILES string of the molecule is CCNC(=C/N)/C(=N/Oc1ccccc1)C(=O)Nc1ccccc1. The van der Waals surface area contributed by atoms with Crippen LogP contribution in [0, 0.1) is 0 Å². The number of hydrogen-bond acceptors (Lipinski definition) is 5. The third-order valence-electron chi connectivity index (χ3n) is 3.02. The van der Waals surface area contributed by atoms with Crippen LogP contribution in [0.1, 0.15) is 6.92 Å². The summed E-state index contributed by atoms with van der Waals surface area (Å²) in [6, 6.07) is 18.1. The molecule has 0 bridgehead atoms. The average Bonchev–Trinajstić information content (AvgIpc) is 2.62. The van der Waals surface area contributed by atoms with Gasteiger partial charge in [-0.2, -0.15) is 0 Å². The Bertz CT molecular complexity index is 712. The molecule has 124 valence electrons. The van der Waals surface area contributed by atoms with Crippen LogP contribution >= 0.6 is 0 Å². The molecule has 0 spiro atoms. The van der Waals surface area contributed by atoms with Gasteiger partial charge in [-0.15, -0.1) is 0 Å². The minimum atomic E-state index is -0.421. The molecule has 0 aliphatic rings. The first-order chi connectivity index (χ1) is 11.7. The van der Waals surface area contributed by atoms with Crippen LogP contribution in [-0.4, -0.2) is 18.2 Å². The average molecular weight is 324 g/mol. The van der Waals surface area contributed by atoms with Crippen LogP contribution in [0.15, 0.2) is 77.7 Å². The Kier molecular flexibility index (Phi) is 6.40. The van der Waals surface area contributed by atoms with Gasteiger partial charge in [-0.05, 0) is 31.2 Å². The number of benzene rings is 2. The molecule has 2 aromatic carbocycles. The number of oxime groups is 1. The van der Waals surface area contributed by atoms with Gasteiger partial charge in [-0.25, -0.2) is 0 Å². The summed E-state index contributed by atoms with van der Waals surface area (Å²) >= 11 is 0. The minimum Gasteiger partial charge on any atom is -0.403 e. The van der Waals surface area contributed by atoms with Crippen LogP contribution in [0.25, 0.3) is 0 Å². The Morgan fingerprint density at radius 3 is 2.33 bits per heavy atom. The maximum atomic E-state index is 12.6. The Hall–Kier alpha value is -3.28. The van der Waals surface area contributed by atoms with Gasteiger partial charge in [0.15, 0.2) is 11.5 Å². The monoisotopic (exact) mass is 324 g/mol. The van der Waals surface area contributed by atoms with E-state index >= 15 is 0 Å². The molecule has 2 aromatic rings. The van der Waals surface area contributed by atoms with Crippen molar-refractivity contribution in [2.75, 3.05) is 11.9 Å². The Morgan fingerprint density at radius 2 is 1.75 bits per heavy atom. The van der Waals surface area contributed by atoms with Crippen LogP contribution in [0.3, 0.4) is 0 Å². The summed E-state index contributed by atoms with van der Waals surface area (Å²) < 4.78 is 0. The highest BCUT2D eigenvalue weighted by atomic mass is 16.6. The molecule has 0 saturated carbocycles. The predicted octanol–water partition coefficient (Wildman–Crippen LogP) is 2.47. The highest BCUT2D eigenvalue weighted by Gasteiger charge is 2.18. The fourth-order valence-corrected chi connectivity index (χ4v) is 1.92. The van der Waals surface area contributed by atoms with Crippen molar-refractivity contribution in [1.82, 2.24) is 5.32 Å². The number of carbonyl (C=O) groups excluding carboxylic acids is 1. The lowest BCUT2D eigenvalue weighted by Crippen LogP contribution is -2.32. The van der Waals surface area contributed by atoms with Gasteiger partial charge < -0.3 is 21.2 Å². The zero-order valence-corrected chi connectivity index (χ0v) is 13.4. The van der Waals surface area contributed by atoms with E-state index in [1.54, 1.807) is 24.3 Å². The van der Waals surface area contributed by atoms with Gasteiger partial charge in [-0.3, -0.25) is 4.79 Å². The normalized spacial score (nSPS) is 11.7. The molecule has 0 aromatic heterocycles. The number of anilines is 1. The second-order valence-electron chi connectivity index (χ2n) is 4.78. The van der Waals surface area contributed by atoms with E-state index in [9.17, 15) is 4.79 Å². The number of nitrogens with zero attached hydrogens (tertiary/aromatic N) is 1. The lowest BCUT2D eigenvalue weighted by molar-refractivity contribution is -0.110. The number of amides is 1. The highest BCUT2D eigenvalue weighted by Crippen LogP contribution is 2.11. The summed E-state index contributed by atoms with van der Waals surface area (Å²) in [7, 11) is 0. The van der Waals surface area contributed by atoms with Gasteiger partial charge in [-0.1, -0.05) is 41.6 Å². The summed E-state index contributed by atoms with van der Waals surface area (Å²) in [6.07, 6.45) is 1.29. The Morgan fingerprint density at radius 1 is 1.12 bits per heavy atom. The minimum absolute atomic E-state index is 0.0621. The molecular formula is C18H20N4O2. The molecule has 2 rings (SSSR count). The Balaban J connectivity index is 2.23. The molecule has 24 heavy (non-hydrogen) atoms. The van der Waals surface area contributed by atoms with E-state index in [0.717, 1.165) is 0 Å². The lowest BCUT2D eigenvalue weighted by atomic mass is 10.2. The number of hydrogen-bond donors (Lipinski definition) is 3. The first kappa shape index (κ1) is 17.1. The number of rotatable bonds is 7. The van der Waals surface area contributed by atoms with Crippen molar-refractivity contribution in [1.29, 1.82) is 0 Å². The fraction of sp³-hybridized carbons (Fsp3) is 0.111. The summed E-state index contributed by atoms with van der Waals surface area (Å²) in [5, 5.41) is 9.74. The zero-order chi connectivity index (χ0) is 17.2. The van der Waals surface area contributed by atoms with Gasteiger partial charge in [0, 0.05) is 18.4 Å². The fourth-order valence-electron chi connectivity index (χ4n) is 1.92. The smallest absolute Gasteiger partial charge is 0.279 e. The van der Waals surface area contributed by atoms with E-state index in [-0.39, 0.29) is 5.71 Å². The van der Waals surface area contributed by atoms with Crippen LogP contribution in [-0.2, 0) is 4.79 Å². The second kappa shape index (κ2) is 8.99. The largest absolute Gasteiger partial charge is 0.403 e. The van der Waals surface area contributed by atoms with Gasteiger partial charge in [0.05, 0.1) is 5.70 Å². The van der Waals surface area contributed by atoms with Crippen molar-refractivity contribution in [2.24, 2.45) is 10.9 Å². The lowest BCUT2D eigenvalue weighted by Gasteiger charge is -2.12. The topological polar surface area (TPSA) is 88.7 Å². The standard InChI is InChI=1S/C18H20N4O2/c1-2-20-16(13-19)17(22-24-15-11-7-4-8-12-15)18(23)21-14-9-5-3-6-10-14/h3-13,20H,2,19H2,1H3,(H,21,23)/b16-13+,22-17-. The summed E-state index contributed by atoms with van der Waals surface area (Å²) in [6.45, 7) is 2.49. The molecule has 0 aliphatic heterocycles. The van der Waals surface area contributed by atoms with Gasteiger partial charge in [0.1, 0.15) is 0 Å². The van der Waals surface area contributed by atoms with E-state index in [1.807, 2.05) is 43.3 Å². The molecule has 0 fully saturated rings. The molecule has 6 heteroatoms. The number of para-hydroxylation sites is 2. The van der Waals surface area contributed by atoms with E-state index in [4.69, 9.17) is 10.6 Å². The van der Waals surface area contributed by atoms with Crippen LogP contribution < -0.4 is 21.2 Å². The van der Waals surface area contributed by atoms with E-state index in [0.29, 0.717) is 23.7 Å². The van der Waals surface area contributed by atoms with Crippen LogP contribution in [0.2, 0.25) is 0 Å². The van der Waals surface area contributed by atoms with E-state index in [1.165, 1.54) is 6.20 Å². The van der Waals surface area contributed by atoms with Crippen molar-refractivity contribution >= 4 is 17.3 Å². The molecule has 0 aliphatic carbocycles.